The molecule has 0 radical (unpaired) electrons. The summed E-state index contributed by atoms with van der Waals surface area (Å²) >= 11 is 0. The zero-order chi connectivity index (χ0) is 24.2. The number of hydrogen-bond acceptors (Lipinski definition) is 5. The molecule has 0 aromatic heterocycles. The molecule has 4 rings (SSSR count). The van der Waals surface area contributed by atoms with Crippen LogP contribution in [-0.4, -0.2) is 41.0 Å². The lowest BCUT2D eigenvalue weighted by atomic mass is 9.90. The Hall–Kier alpha value is -3.35. The zero-order valence-corrected chi connectivity index (χ0v) is 19.6. The van der Waals surface area contributed by atoms with Gasteiger partial charge in [0.05, 0.1) is 30.4 Å². The molecule has 1 N–H and O–H groups in total. The molecule has 1 saturated heterocycles. The number of rotatable bonds is 7. The number of Topliss-reactive ketones (excluding diaryl/α,β-unsaturated/α-hetero) is 1. The molecule has 2 aromatic rings. The van der Waals surface area contributed by atoms with Gasteiger partial charge in [-0.3, -0.25) is 9.59 Å². The van der Waals surface area contributed by atoms with Crippen LogP contribution in [-0.2, 0) is 9.59 Å². The molecule has 1 heterocycles. The van der Waals surface area contributed by atoms with Crippen molar-refractivity contribution in [2.45, 2.75) is 58.0 Å². The van der Waals surface area contributed by atoms with Gasteiger partial charge in [-0.05, 0) is 44.9 Å². The van der Waals surface area contributed by atoms with Gasteiger partial charge in [-0.25, -0.2) is 4.39 Å². The van der Waals surface area contributed by atoms with Crippen LogP contribution < -0.4 is 9.47 Å². The van der Waals surface area contributed by atoms with Crippen LogP contribution in [0, 0.1) is 5.82 Å². The predicted octanol–water partition coefficient (Wildman–Crippen LogP) is 5.38. The van der Waals surface area contributed by atoms with Crippen molar-refractivity contribution in [2.75, 3.05) is 13.2 Å². The van der Waals surface area contributed by atoms with Crippen LogP contribution in [0.25, 0.3) is 5.76 Å². The fraction of sp³-hybridized carbons (Fsp3) is 0.407. The summed E-state index contributed by atoms with van der Waals surface area (Å²) in [6.07, 6.45) is 4.42. The zero-order valence-electron chi connectivity index (χ0n) is 19.6. The lowest BCUT2D eigenvalue weighted by molar-refractivity contribution is -0.141. The van der Waals surface area contributed by atoms with Gasteiger partial charge in [0.25, 0.3) is 11.7 Å². The number of aliphatic hydroxyl groups excluding tert-OH is 1. The van der Waals surface area contributed by atoms with Gasteiger partial charge < -0.3 is 19.5 Å². The van der Waals surface area contributed by atoms with E-state index in [-0.39, 0.29) is 28.5 Å². The molecule has 2 aliphatic rings. The average molecular weight is 468 g/mol. The van der Waals surface area contributed by atoms with E-state index in [1.807, 2.05) is 6.92 Å². The lowest BCUT2D eigenvalue weighted by Gasteiger charge is -2.35. The Labute approximate surface area is 199 Å². The van der Waals surface area contributed by atoms with E-state index in [1.165, 1.54) is 11.0 Å². The molecule has 1 unspecified atom stereocenters. The van der Waals surface area contributed by atoms with Crippen LogP contribution in [0.15, 0.2) is 48.0 Å². The summed E-state index contributed by atoms with van der Waals surface area (Å²) in [5.41, 5.74) is 0.330. The molecular weight excluding hydrogens is 437 g/mol. The number of carbonyl (C=O) groups is 2. The highest BCUT2D eigenvalue weighted by molar-refractivity contribution is 6.46. The topological polar surface area (TPSA) is 76.1 Å². The molecule has 1 saturated carbocycles. The highest BCUT2D eigenvalue weighted by Crippen LogP contribution is 2.45. The first kappa shape index (κ1) is 23.8. The molecule has 1 amide bonds. The third kappa shape index (κ3) is 4.39. The van der Waals surface area contributed by atoms with Crippen molar-refractivity contribution in [2.24, 2.45) is 0 Å². The second kappa shape index (κ2) is 10.3. The monoisotopic (exact) mass is 467 g/mol. The maximum absolute atomic E-state index is 15.0. The first-order chi connectivity index (χ1) is 16.5. The second-order valence-corrected chi connectivity index (χ2v) is 8.54. The molecule has 7 heteroatoms. The molecule has 1 aliphatic heterocycles. The van der Waals surface area contributed by atoms with Crippen molar-refractivity contribution < 1.29 is 28.6 Å². The number of ether oxygens (including phenoxy) is 2. The van der Waals surface area contributed by atoms with Gasteiger partial charge in [0.2, 0.25) is 0 Å². The molecule has 1 aliphatic carbocycles. The van der Waals surface area contributed by atoms with E-state index in [2.05, 4.69) is 0 Å². The minimum absolute atomic E-state index is 0.120. The number of carbonyl (C=O) groups excluding carboxylic acids is 2. The maximum atomic E-state index is 15.0. The van der Waals surface area contributed by atoms with E-state index in [9.17, 15) is 14.7 Å². The van der Waals surface area contributed by atoms with Crippen molar-refractivity contribution in [3.05, 3.63) is 65.0 Å². The number of aliphatic hydroxyl groups is 1. The first-order valence-corrected chi connectivity index (χ1v) is 11.9. The van der Waals surface area contributed by atoms with Gasteiger partial charge in [0, 0.05) is 17.7 Å². The highest BCUT2D eigenvalue weighted by Gasteiger charge is 2.49. The number of benzene rings is 2. The summed E-state index contributed by atoms with van der Waals surface area (Å²) < 4.78 is 26.3. The number of ketones is 1. The predicted molar refractivity (Wildman–Crippen MR) is 126 cm³/mol. The summed E-state index contributed by atoms with van der Waals surface area (Å²) in [5.74, 6) is -1.55. The summed E-state index contributed by atoms with van der Waals surface area (Å²) in [7, 11) is 0. The molecule has 0 spiro atoms. The van der Waals surface area contributed by atoms with Crippen molar-refractivity contribution in [1.29, 1.82) is 0 Å². The van der Waals surface area contributed by atoms with Gasteiger partial charge >= 0.3 is 0 Å². The molecule has 34 heavy (non-hydrogen) atoms. The van der Waals surface area contributed by atoms with E-state index >= 15 is 4.39 Å². The Balaban J connectivity index is 1.89. The van der Waals surface area contributed by atoms with Crippen LogP contribution in [0.4, 0.5) is 4.39 Å². The minimum atomic E-state index is -1.01. The summed E-state index contributed by atoms with van der Waals surface area (Å²) in [6, 6.07) is 9.80. The molecule has 180 valence electrons. The van der Waals surface area contributed by atoms with Gasteiger partial charge in [0.1, 0.15) is 23.1 Å². The fourth-order valence-electron chi connectivity index (χ4n) is 4.96. The Bertz CT molecular complexity index is 1110. The fourth-order valence-corrected chi connectivity index (χ4v) is 4.96. The van der Waals surface area contributed by atoms with E-state index < -0.39 is 23.5 Å². The van der Waals surface area contributed by atoms with Gasteiger partial charge in [0.15, 0.2) is 0 Å². The lowest BCUT2D eigenvalue weighted by Crippen LogP contribution is -2.40. The van der Waals surface area contributed by atoms with Crippen LogP contribution in [0.3, 0.4) is 0 Å². The van der Waals surface area contributed by atoms with E-state index in [0.29, 0.717) is 24.7 Å². The maximum Gasteiger partial charge on any atom is 0.295 e. The smallest absolute Gasteiger partial charge is 0.295 e. The van der Waals surface area contributed by atoms with Crippen molar-refractivity contribution in [3.63, 3.8) is 0 Å². The van der Waals surface area contributed by atoms with E-state index in [1.54, 1.807) is 43.3 Å². The number of hydrogen-bond donors (Lipinski definition) is 1. The Morgan fingerprint density at radius 3 is 2.41 bits per heavy atom. The van der Waals surface area contributed by atoms with Crippen LogP contribution in [0.1, 0.15) is 63.1 Å². The van der Waals surface area contributed by atoms with Crippen molar-refractivity contribution >= 4 is 17.4 Å². The van der Waals surface area contributed by atoms with E-state index in [4.69, 9.17) is 9.47 Å². The Morgan fingerprint density at radius 2 is 1.74 bits per heavy atom. The summed E-state index contributed by atoms with van der Waals surface area (Å²) in [5, 5.41) is 11.4. The highest BCUT2D eigenvalue weighted by atomic mass is 19.1. The summed E-state index contributed by atoms with van der Waals surface area (Å²) in [6.45, 7) is 4.44. The molecular formula is C27H30FNO5. The van der Waals surface area contributed by atoms with Crippen LogP contribution in [0.2, 0.25) is 0 Å². The third-order valence-corrected chi connectivity index (χ3v) is 6.47. The Morgan fingerprint density at radius 1 is 1.03 bits per heavy atom. The van der Waals surface area contributed by atoms with Crippen LogP contribution >= 0.6 is 0 Å². The third-order valence-electron chi connectivity index (χ3n) is 6.47. The quantitative estimate of drug-likeness (QED) is 0.336. The van der Waals surface area contributed by atoms with Gasteiger partial charge in [-0.1, -0.05) is 37.5 Å². The normalized spacial score (nSPS) is 20.6. The minimum Gasteiger partial charge on any atom is -0.507 e. The van der Waals surface area contributed by atoms with Gasteiger partial charge in [-0.2, -0.15) is 0 Å². The molecule has 2 fully saturated rings. The van der Waals surface area contributed by atoms with Gasteiger partial charge in [-0.15, -0.1) is 0 Å². The largest absolute Gasteiger partial charge is 0.507 e. The van der Waals surface area contributed by atoms with E-state index in [0.717, 1.165) is 32.1 Å². The number of halogens is 1. The standard InChI is InChI=1S/C27H30FNO5/c1-3-33-18-14-15-20(22(16-18)34-4-2)25(30)23-24(19-12-8-9-13-21(19)28)29(27(32)26(23)31)17-10-6-5-7-11-17/h8-9,12-17,24,30H,3-7,10-11H2,1-2H3/b25-23+. The summed E-state index contributed by atoms with van der Waals surface area (Å²) in [4.78, 5) is 28.0. The SMILES string of the molecule is CCOc1ccc(/C(O)=C2\C(=O)C(=O)N(C3CCCCC3)C2c2ccccc2F)c(OCC)c1. The number of nitrogens with zero attached hydrogens (tertiary/aromatic N) is 1. The molecule has 1 atom stereocenters. The molecule has 0 bridgehead atoms. The van der Waals surface area contributed by atoms with Crippen LogP contribution in [0.5, 0.6) is 11.5 Å². The Kier molecular flexibility index (Phi) is 7.20. The number of amides is 1. The first-order valence-electron chi connectivity index (χ1n) is 11.9. The van der Waals surface area contributed by atoms with Crippen molar-refractivity contribution in [1.82, 2.24) is 4.90 Å². The number of likely N-dealkylation sites (tertiary alicyclic amines) is 1. The molecule has 6 nitrogen and oxygen atoms in total. The second-order valence-electron chi connectivity index (χ2n) is 8.54. The molecule has 2 aromatic carbocycles. The van der Waals surface area contributed by atoms with Crippen molar-refractivity contribution in [3.8, 4) is 11.5 Å². The average Bonchev–Trinajstić information content (AvgIpc) is 3.10.